The second-order valence-electron chi connectivity index (χ2n) is 3.55. The number of aryl methyl sites for hydroxylation is 2. The summed E-state index contributed by atoms with van der Waals surface area (Å²) in [6.45, 7) is 4.08. The van der Waals surface area contributed by atoms with Crippen LogP contribution in [0.3, 0.4) is 0 Å². The summed E-state index contributed by atoms with van der Waals surface area (Å²) in [5.74, 6) is 0.800. The predicted molar refractivity (Wildman–Crippen MR) is 57.6 cm³/mol. The molecule has 1 unspecified atom stereocenters. The van der Waals surface area contributed by atoms with Crippen molar-refractivity contribution in [2.45, 2.75) is 26.4 Å². The van der Waals surface area contributed by atoms with Crippen molar-refractivity contribution in [1.82, 2.24) is 0 Å². The van der Waals surface area contributed by atoms with Crippen LogP contribution in [0.15, 0.2) is 18.2 Å². The Bertz CT molecular complexity index is 348. The summed E-state index contributed by atoms with van der Waals surface area (Å²) in [7, 11) is 0. The van der Waals surface area contributed by atoms with Crippen molar-refractivity contribution >= 4 is 0 Å². The number of nitrogens with zero attached hydrogens (tertiary/aromatic N) is 1. The van der Waals surface area contributed by atoms with E-state index >= 15 is 0 Å². The van der Waals surface area contributed by atoms with Crippen LogP contribution in [0.1, 0.15) is 17.5 Å². The highest BCUT2D eigenvalue weighted by Crippen LogP contribution is 2.22. The summed E-state index contributed by atoms with van der Waals surface area (Å²) in [5, 5.41) is 17.7. The molecule has 0 fully saturated rings. The zero-order valence-electron chi connectivity index (χ0n) is 9.03. The van der Waals surface area contributed by atoms with E-state index in [0.29, 0.717) is 0 Å². The minimum absolute atomic E-state index is 0.102. The molecule has 1 aromatic rings. The fourth-order valence-corrected chi connectivity index (χ4v) is 1.37. The van der Waals surface area contributed by atoms with Gasteiger partial charge in [-0.1, -0.05) is 18.2 Å². The molecule has 3 nitrogen and oxygen atoms in total. The average molecular weight is 205 g/mol. The van der Waals surface area contributed by atoms with Gasteiger partial charge in [0.15, 0.2) is 0 Å². The van der Waals surface area contributed by atoms with Gasteiger partial charge in [0.25, 0.3) is 0 Å². The molecule has 0 aliphatic heterocycles. The van der Waals surface area contributed by atoms with Crippen LogP contribution < -0.4 is 4.74 Å². The summed E-state index contributed by atoms with van der Waals surface area (Å²) in [4.78, 5) is 0. The largest absolute Gasteiger partial charge is 0.490 e. The quantitative estimate of drug-likeness (QED) is 0.817. The van der Waals surface area contributed by atoms with Crippen LogP contribution in [0.5, 0.6) is 5.75 Å². The lowest BCUT2D eigenvalue weighted by molar-refractivity contribution is 0.110. The van der Waals surface area contributed by atoms with Gasteiger partial charge in [-0.15, -0.1) is 0 Å². The number of hydrogen-bond acceptors (Lipinski definition) is 3. The highest BCUT2D eigenvalue weighted by molar-refractivity contribution is 5.39. The van der Waals surface area contributed by atoms with Gasteiger partial charge in [0, 0.05) is 0 Å². The van der Waals surface area contributed by atoms with Gasteiger partial charge in [0.05, 0.1) is 12.5 Å². The molecule has 1 N–H and O–H groups in total. The van der Waals surface area contributed by atoms with Gasteiger partial charge in [-0.25, -0.2) is 0 Å². The Labute approximate surface area is 89.9 Å². The molecule has 3 heteroatoms. The first-order valence-electron chi connectivity index (χ1n) is 4.89. The molecule has 0 radical (unpaired) electrons. The molecule has 0 amide bonds. The lowest BCUT2D eigenvalue weighted by Crippen LogP contribution is -2.17. The van der Waals surface area contributed by atoms with Gasteiger partial charge >= 0.3 is 0 Å². The molecule has 0 aromatic heterocycles. The molecule has 0 aliphatic rings. The normalized spacial score (nSPS) is 11.9. The van der Waals surface area contributed by atoms with Crippen molar-refractivity contribution in [3.8, 4) is 11.8 Å². The predicted octanol–water partition coefficient (Wildman–Crippen LogP) is 1.96. The lowest BCUT2D eigenvalue weighted by atomic mass is 10.1. The van der Waals surface area contributed by atoms with Crippen molar-refractivity contribution in [3.05, 3.63) is 29.3 Å². The SMILES string of the molecule is Cc1cccc(C)c1OCC(O)CC#N. The maximum absolute atomic E-state index is 9.34. The van der Waals surface area contributed by atoms with Crippen molar-refractivity contribution < 1.29 is 9.84 Å². The highest BCUT2D eigenvalue weighted by Gasteiger charge is 2.07. The van der Waals surface area contributed by atoms with E-state index < -0.39 is 6.10 Å². The Kier molecular flexibility index (Phi) is 4.14. The zero-order valence-corrected chi connectivity index (χ0v) is 9.03. The first-order chi connectivity index (χ1) is 7.15. The summed E-state index contributed by atoms with van der Waals surface area (Å²) < 4.78 is 5.48. The molecule has 1 aromatic carbocycles. The second-order valence-corrected chi connectivity index (χ2v) is 3.55. The van der Waals surface area contributed by atoms with Crippen LogP contribution in [0.25, 0.3) is 0 Å². The zero-order chi connectivity index (χ0) is 11.3. The molecule has 0 aliphatic carbocycles. The van der Waals surface area contributed by atoms with Crippen LogP contribution in [0.4, 0.5) is 0 Å². The van der Waals surface area contributed by atoms with E-state index in [4.69, 9.17) is 10.00 Å². The van der Waals surface area contributed by atoms with Crippen LogP contribution in [0.2, 0.25) is 0 Å². The smallest absolute Gasteiger partial charge is 0.125 e. The monoisotopic (exact) mass is 205 g/mol. The molecule has 80 valence electrons. The summed E-state index contributed by atoms with van der Waals surface area (Å²) >= 11 is 0. The topological polar surface area (TPSA) is 53.2 Å². The van der Waals surface area contributed by atoms with E-state index in [9.17, 15) is 5.11 Å². The number of benzene rings is 1. The number of aliphatic hydroxyl groups is 1. The fourth-order valence-electron chi connectivity index (χ4n) is 1.37. The highest BCUT2D eigenvalue weighted by atomic mass is 16.5. The van der Waals surface area contributed by atoms with Crippen LogP contribution >= 0.6 is 0 Å². The van der Waals surface area contributed by atoms with Crippen molar-refractivity contribution in [1.29, 1.82) is 5.26 Å². The van der Waals surface area contributed by atoms with Crippen molar-refractivity contribution in [2.75, 3.05) is 6.61 Å². The van der Waals surface area contributed by atoms with E-state index in [-0.39, 0.29) is 13.0 Å². The van der Waals surface area contributed by atoms with Crippen LogP contribution in [-0.2, 0) is 0 Å². The maximum atomic E-state index is 9.34. The standard InChI is InChI=1S/C12H15NO2/c1-9-4-3-5-10(2)12(9)15-8-11(14)6-7-13/h3-5,11,14H,6,8H2,1-2H3. The summed E-state index contributed by atoms with van der Waals surface area (Å²) in [5.41, 5.74) is 2.08. The first kappa shape index (κ1) is 11.5. The Hall–Kier alpha value is -1.53. The summed E-state index contributed by atoms with van der Waals surface area (Å²) in [6.07, 6.45) is -0.612. The van der Waals surface area contributed by atoms with Gasteiger partial charge in [-0.05, 0) is 25.0 Å². The van der Waals surface area contributed by atoms with E-state index in [1.165, 1.54) is 0 Å². The second kappa shape index (κ2) is 5.38. The number of aliphatic hydroxyl groups excluding tert-OH is 1. The third kappa shape index (κ3) is 3.26. The first-order valence-corrected chi connectivity index (χ1v) is 4.89. The minimum Gasteiger partial charge on any atom is -0.490 e. The molecule has 0 heterocycles. The number of ether oxygens (including phenoxy) is 1. The molecule has 1 atom stereocenters. The Balaban J connectivity index is 2.62. The van der Waals surface area contributed by atoms with Gasteiger partial charge in [-0.2, -0.15) is 5.26 Å². The van der Waals surface area contributed by atoms with E-state index in [1.807, 2.05) is 38.1 Å². The van der Waals surface area contributed by atoms with Crippen molar-refractivity contribution in [2.24, 2.45) is 0 Å². The minimum atomic E-state index is -0.714. The molecule has 0 saturated carbocycles. The number of hydrogen-bond donors (Lipinski definition) is 1. The average Bonchev–Trinajstić information content (AvgIpc) is 2.17. The molecule has 0 bridgehead atoms. The van der Waals surface area contributed by atoms with Crippen LogP contribution in [0, 0.1) is 25.2 Å². The molecular formula is C12H15NO2. The number of para-hydroxylation sites is 1. The van der Waals surface area contributed by atoms with Gasteiger partial charge in [0.2, 0.25) is 0 Å². The molecule has 0 saturated heterocycles. The van der Waals surface area contributed by atoms with Crippen LogP contribution in [-0.4, -0.2) is 17.8 Å². The Morgan fingerprint density at radius 2 is 2.00 bits per heavy atom. The third-order valence-corrected chi connectivity index (χ3v) is 2.16. The van der Waals surface area contributed by atoms with Gasteiger partial charge in [-0.3, -0.25) is 0 Å². The van der Waals surface area contributed by atoms with E-state index in [0.717, 1.165) is 16.9 Å². The molecule has 0 spiro atoms. The fraction of sp³-hybridized carbons (Fsp3) is 0.417. The number of rotatable bonds is 4. The van der Waals surface area contributed by atoms with Crippen molar-refractivity contribution in [3.63, 3.8) is 0 Å². The Morgan fingerprint density at radius 1 is 1.40 bits per heavy atom. The Morgan fingerprint density at radius 3 is 2.53 bits per heavy atom. The molecule has 1 rings (SSSR count). The van der Waals surface area contributed by atoms with E-state index in [2.05, 4.69) is 0 Å². The van der Waals surface area contributed by atoms with E-state index in [1.54, 1.807) is 0 Å². The summed E-state index contributed by atoms with van der Waals surface area (Å²) in [6, 6.07) is 7.78. The number of nitriles is 1. The van der Waals surface area contributed by atoms with Gasteiger partial charge < -0.3 is 9.84 Å². The molecule has 15 heavy (non-hydrogen) atoms. The maximum Gasteiger partial charge on any atom is 0.125 e. The van der Waals surface area contributed by atoms with Gasteiger partial charge in [0.1, 0.15) is 18.5 Å². The lowest BCUT2D eigenvalue weighted by Gasteiger charge is -2.13. The molecular weight excluding hydrogens is 190 g/mol. The third-order valence-electron chi connectivity index (χ3n) is 2.16.